The number of hydrogen-bond acceptors (Lipinski definition) is 5. The molecule has 1 aromatic heterocycles. The number of amides is 1. The Kier molecular flexibility index (Phi) is 4.87. The summed E-state index contributed by atoms with van der Waals surface area (Å²) in [6.45, 7) is 4.16. The maximum atomic E-state index is 12.4. The minimum absolute atomic E-state index is 0.0344. The lowest BCUT2D eigenvalue weighted by Crippen LogP contribution is -2.41. The highest BCUT2D eigenvalue weighted by Gasteiger charge is 2.34. The van der Waals surface area contributed by atoms with E-state index in [2.05, 4.69) is 22.5 Å². The van der Waals surface area contributed by atoms with E-state index in [4.69, 9.17) is 4.74 Å². The molecule has 1 aromatic rings. The highest BCUT2D eigenvalue weighted by molar-refractivity contribution is 7.15. The van der Waals surface area contributed by atoms with Gasteiger partial charge in [-0.05, 0) is 38.6 Å². The van der Waals surface area contributed by atoms with E-state index < -0.39 is 0 Å². The lowest BCUT2D eigenvalue weighted by Gasteiger charge is -2.17. The first kappa shape index (κ1) is 14.9. The molecule has 2 N–H and O–H groups in total. The third-order valence-electron chi connectivity index (χ3n) is 4.15. The topological polar surface area (TPSA) is 63.2 Å². The Bertz CT molecular complexity index is 480. The fraction of sp³-hybridized carbons (Fsp3) is 0.733. The van der Waals surface area contributed by atoms with Gasteiger partial charge < -0.3 is 15.4 Å². The van der Waals surface area contributed by atoms with Gasteiger partial charge in [-0.25, -0.2) is 4.98 Å². The predicted molar refractivity (Wildman–Crippen MR) is 83.8 cm³/mol. The van der Waals surface area contributed by atoms with Gasteiger partial charge in [-0.15, -0.1) is 11.3 Å². The first-order chi connectivity index (χ1) is 10.3. The molecule has 5 nitrogen and oxygen atoms in total. The van der Waals surface area contributed by atoms with Crippen molar-refractivity contribution in [1.82, 2.24) is 10.3 Å². The van der Waals surface area contributed by atoms with E-state index in [-0.39, 0.29) is 17.9 Å². The molecular weight excluding hydrogens is 286 g/mol. The highest BCUT2D eigenvalue weighted by Crippen LogP contribution is 2.30. The number of aryl methyl sites for hydroxylation is 2. The van der Waals surface area contributed by atoms with Crippen LogP contribution in [0, 0.1) is 5.92 Å². The summed E-state index contributed by atoms with van der Waals surface area (Å²) >= 11 is 1.64. The number of anilines is 1. The van der Waals surface area contributed by atoms with Crippen LogP contribution in [-0.2, 0) is 22.4 Å². The van der Waals surface area contributed by atoms with Gasteiger partial charge in [0.1, 0.15) is 0 Å². The van der Waals surface area contributed by atoms with Crippen molar-refractivity contribution >= 4 is 22.4 Å². The van der Waals surface area contributed by atoms with Gasteiger partial charge in [0.2, 0.25) is 5.91 Å². The fourth-order valence-electron chi connectivity index (χ4n) is 2.95. The predicted octanol–water partition coefficient (Wildman–Crippen LogP) is 1.97. The summed E-state index contributed by atoms with van der Waals surface area (Å²) in [6, 6.07) is 0.125. The molecule has 2 unspecified atom stereocenters. The van der Waals surface area contributed by atoms with Crippen molar-refractivity contribution in [2.75, 3.05) is 25.1 Å². The van der Waals surface area contributed by atoms with Crippen molar-refractivity contribution in [1.29, 1.82) is 0 Å². The molecule has 6 heteroatoms. The summed E-state index contributed by atoms with van der Waals surface area (Å²) in [6.07, 6.45) is 5.67. The highest BCUT2D eigenvalue weighted by atomic mass is 32.1. The maximum Gasteiger partial charge on any atom is 0.233 e. The smallest absolute Gasteiger partial charge is 0.233 e. The third kappa shape index (κ3) is 3.44. The van der Waals surface area contributed by atoms with Crippen molar-refractivity contribution in [3.63, 3.8) is 0 Å². The first-order valence-electron chi connectivity index (χ1n) is 7.88. The van der Waals surface area contributed by atoms with Crippen molar-refractivity contribution < 1.29 is 9.53 Å². The number of fused-ring (bicyclic) bond motifs is 1. The molecule has 2 aliphatic rings. The Hall–Kier alpha value is -0.980. The number of hydrogen-bond donors (Lipinski definition) is 2. The fourth-order valence-corrected chi connectivity index (χ4v) is 4.00. The van der Waals surface area contributed by atoms with Crippen molar-refractivity contribution in [3.05, 3.63) is 10.6 Å². The van der Waals surface area contributed by atoms with Gasteiger partial charge in [0.15, 0.2) is 5.13 Å². The zero-order chi connectivity index (χ0) is 14.7. The normalized spacial score (nSPS) is 24.8. The number of carbonyl (C=O) groups excluding carboxylic acids is 1. The van der Waals surface area contributed by atoms with E-state index in [0.29, 0.717) is 13.2 Å². The Morgan fingerprint density at radius 3 is 3.05 bits per heavy atom. The van der Waals surface area contributed by atoms with Crippen LogP contribution >= 0.6 is 11.3 Å². The van der Waals surface area contributed by atoms with Gasteiger partial charge in [-0.3, -0.25) is 4.79 Å². The molecule has 2 atom stereocenters. The standard InChI is InChI=1S/C15H23N3O2S/c1-2-7-16-12-9-20-8-10(12)14(19)18-15-17-11-5-3-4-6-13(11)21-15/h10,12,16H,2-9H2,1H3,(H,17,18,19). The molecule has 0 radical (unpaired) electrons. The second kappa shape index (κ2) is 6.85. The maximum absolute atomic E-state index is 12.4. The molecule has 2 heterocycles. The molecule has 0 spiro atoms. The molecule has 116 valence electrons. The van der Waals surface area contributed by atoms with E-state index in [1.54, 1.807) is 11.3 Å². The minimum atomic E-state index is -0.113. The second-order valence-electron chi connectivity index (χ2n) is 5.79. The van der Waals surface area contributed by atoms with E-state index >= 15 is 0 Å². The van der Waals surface area contributed by atoms with Crippen LogP contribution < -0.4 is 10.6 Å². The quantitative estimate of drug-likeness (QED) is 0.873. The number of carbonyl (C=O) groups is 1. The first-order valence-corrected chi connectivity index (χ1v) is 8.70. The summed E-state index contributed by atoms with van der Waals surface area (Å²) in [4.78, 5) is 18.4. The summed E-state index contributed by atoms with van der Waals surface area (Å²) in [5.41, 5.74) is 1.19. The lowest BCUT2D eigenvalue weighted by molar-refractivity contribution is -0.120. The van der Waals surface area contributed by atoms with Gasteiger partial charge in [0, 0.05) is 10.9 Å². The molecular formula is C15H23N3O2S. The number of nitrogens with one attached hydrogen (secondary N) is 2. The molecule has 3 rings (SSSR count). The molecule has 0 bridgehead atoms. The van der Waals surface area contributed by atoms with Gasteiger partial charge in [0.25, 0.3) is 0 Å². The monoisotopic (exact) mass is 309 g/mol. The minimum Gasteiger partial charge on any atom is -0.379 e. The van der Waals surface area contributed by atoms with Crippen molar-refractivity contribution in [2.24, 2.45) is 5.92 Å². The van der Waals surface area contributed by atoms with Crippen LogP contribution in [0.5, 0.6) is 0 Å². The molecule has 1 fully saturated rings. The molecule has 1 saturated heterocycles. The van der Waals surface area contributed by atoms with E-state index in [9.17, 15) is 4.79 Å². The van der Waals surface area contributed by atoms with Crippen molar-refractivity contribution in [3.8, 4) is 0 Å². The summed E-state index contributed by atoms with van der Waals surface area (Å²) in [5.74, 6) is -0.0790. The SMILES string of the molecule is CCCNC1COCC1C(=O)Nc1nc2c(s1)CCCC2. The van der Waals surface area contributed by atoms with Crippen LogP contribution in [0.4, 0.5) is 5.13 Å². The van der Waals surface area contributed by atoms with Crippen LogP contribution in [0.1, 0.15) is 36.8 Å². The van der Waals surface area contributed by atoms with E-state index in [0.717, 1.165) is 30.9 Å². The average Bonchev–Trinajstić information content (AvgIpc) is 3.10. The Labute approximate surface area is 129 Å². The van der Waals surface area contributed by atoms with Crippen LogP contribution in [0.25, 0.3) is 0 Å². The largest absolute Gasteiger partial charge is 0.379 e. The summed E-state index contributed by atoms with van der Waals surface area (Å²) in [5, 5.41) is 7.15. The number of ether oxygens (including phenoxy) is 1. The molecule has 0 saturated carbocycles. The second-order valence-corrected chi connectivity index (χ2v) is 6.87. The number of thiazole rings is 1. The molecule has 1 amide bonds. The van der Waals surface area contributed by atoms with E-state index in [1.807, 2.05) is 0 Å². The van der Waals surface area contributed by atoms with Crippen LogP contribution in [0.15, 0.2) is 0 Å². The zero-order valence-electron chi connectivity index (χ0n) is 12.5. The van der Waals surface area contributed by atoms with Gasteiger partial charge in [-0.1, -0.05) is 6.92 Å². The molecule has 1 aliphatic carbocycles. The van der Waals surface area contributed by atoms with Crippen LogP contribution in [-0.4, -0.2) is 36.7 Å². The van der Waals surface area contributed by atoms with E-state index in [1.165, 1.54) is 23.4 Å². The number of aromatic nitrogens is 1. The van der Waals surface area contributed by atoms with Crippen LogP contribution in [0.3, 0.4) is 0 Å². The molecule has 1 aliphatic heterocycles. The summed E-state index contributed by atoms with van der Waals surface area (Å²) in [7, 11) is 0. The zero-order valence-corrected chi connectivity index (χ0v) is 13.3. The lowest BCUT2D eigenvalue weighted by atomic mass is 10.0. The Morgan fingerprint density at radius 1 is 1.38 bits per heavy atom. The number of rotatable bonds is 5. The molecule has 0 aromatic carbocycles. The van der Waals surface area contributed by atoms with Crippen LogP contribution in [0.2, 0.25) is 0 Å². The van der Waals surface area contributed by atoms with Gasteiger partial charge >= 0.3 is 0 Å². The van der Waals surface area contributed by atoms with Gasteiger partial charge in [0.05, 0.1) is 24.8 Å². The number of nitrogens with zero attached hydrogens (tertiary/aromatic N) is 1. The van der Waals surface area contributed by atoms with Gasteiger partial charge in [-0.2, -0.15) is 0 Å². The Balaban J connectivity index is 1.61. The third-order valence-corrected chi connectivity index (χ3v) is 5.22. The van der Waals surface area contributed by atoms with Crippen molar-refractivity contribution in [2.45, 2.75) is 45.1 Å². The Morgan fingerprint density at radius 2 is 2.24 bits per heavy atom. The molecule has 21 heavy (non-hydrogen) atoms. The average molecular weight is 309 g/mol. The summed E-state index contributed by atoms with van der Waals surface area (Å²) < 4.78 is 5.47.